The lowest BCUT2D eigenvalue weighted by Crippen LogP contribution is -2.30. The number of hydrogen-bond donors (Lipinski definition) is 2. The van der Waals surface area contributed by atoms with E-state index in [0.717, 1.165) is 17.2 Å². The molecule has 0 saturated heterocycles. The average molecular weight is 363 g/mol. The van der Waals surface area contributed by atoms with Gasteiger partial charge in [0, 0.05) is 19.7 Å². The topological polar surface area (TPSA) is 111 Å². The molecule has 0 fully saturated rings. The SMILES string of the molecule is Cc1ccc(CCCC(=O)NS(=O)(=O)c2cc(C(N)=O)n(C)c2)cc1. The van der Waals surface area contributed by atoms with Gasteiger partial charge in [-0.2, -0.15) is 0 Å². The van der Waals surface area contributed by atoms with E-state index in [1.165, 1.54) is 17.8 Å². The molecule has 0 saturated carbocycles. The quantitative estimate of drug-likeness (QED) is 0.771. The Kier molecular flexibility index (Phi) is 5.63. The van der Waals surface area contributed by atoms with Crippen LogP contribution in [0.1, 0.15) is 34.5 Å². The first-order chi connectivity index (χ1) is 11.7. The largest absolute Gasteiger partial charge is 0.364 e. The van der Waals surface area contributed by atoms with Crippen molar-refractivity contribution in [2.75, 3.05) is 0 Å². The molecule has 1 aromatic heterocycles. The van der Waals surface area contributed by atoms with Crippen molar-refractivity contribution in [3.63, 3.8) is 0 Å². The van der Waals surface area contributed by atoms with E-state index < -0.39 is 21.8 Å². The van der Waals surface area contributed by atoms with Crippen molar-refractivity contribution in [2.24, 2.45) is 12.8 Å². The summed E-state index contributed by atoms with van der Waals surface area (Å²) in [6.07, 6.45) is 2.54. The molecule has 25 heavy (non-hydrogen) atoms. The molecule has 1 heterocycles. The lowest BCUT2D eigenvalue weighted by atomic mass is 10.1. The van der Waals surface area contributed by atoms with Gasteiger partial charge in [-0.25, -0.2) is 13.1 Å². The maximum atomic E-state index is 12.2. The molecular formula is C17H21N3O4S. The second-order valence-corrected chi connectivity index (χ2v) is 7.59. The number of primary amides is 1. The molecule has 134 valence electrons. The number of carbonyl (C=O) groups is 2. The minimum absolute atomic E-state index is 0.0483. The van der Waals surface area contributed by atoms with Crippen LogP contribution in [0.15, 0.2) is 41.4 Å². The Labute approximate surface area is 146 Å². The van der Waals surface area contributed by atoms with Crippen LogP contribution in [0.4, 0.5) is 0 Å². The smallest absolute Gasteiger partial charge is 0.265 e. The van der Waals surface area contributed by atoms with Crippen LogP contribution in [0, 0.1) is 6.92 Å². The van der Waals surface area contributed by atoms with E-state index in [1.807, 2.05) is 35.9 Å². The van der Waals surface area contributed by atoms with E-state index in [-0.39, 0.29) is 17.0 Å². The summed E-state index contributed by atoms with van der Waals surface area (Å²) in [5.41, 5.74) is 7.46. The Morgan fingerprint density at radius 1 is 1.20 bits per heavy atom. The maximum Gasteiger partial charge on any atom is 0.265 e. The molecule has 0 unspecified atom stereocenters. The van der Waals surface area contributed by atoms with Crippen molar-refractivity contribution >= 4 is 21.8 Å². The number of rotatable bonds is 7. The van der Waals surface area contributed by atoms with Gasteiger partial charge < -0.3 is 10.3 Å². The van der Waals surface area contributed by atoms with Gasteiger partial charge in [0.2, 0.25) is 5.91 Å². The number of benzene rings is 1. The average Bonchev–Trinajstić information content (AvgIpc) is 2.92. The molecule has 0 radical (unpaired) electrons. The van der Waals surface area contributed by atoms with Crippen LogP contribution < -0.4 is 10.5 Å². The van der Waals surface area contributed by atoms with E-state index in [1.54, 1.807) is 0 Å². The van der Waals surface area contributed by atoms with Gasteiger partial charge in [0.1, 0.15) is 10.6 Å². The third-order valence-electron chi connectivity index (χ3n) is 3.78. The molecule has 0 atom stereocenters. The van der Waals surface area contributed by atoms with Crippen molar-refractivity contribution in [1.29, 1.82) is 0 Å². The molecule has 0 aliphatic heterocycles. The number of amides is 2. The van der Waals surface area contributed by atoms with E-state index in [2.05, 4.69) is 0 Å². The Balaban J connectivity index is 1.93. The Hall–Kier alpha value is -2.61. The summed E-state index contributed by atoms with van der Waals surface area (Å²) in [5.74, 6) is -1.33. The Morgan fingerprint density at radius 2 is 1.84 bits per heavy atom. The van der Waals surface area contributed by atoms with Crippen LogP contribution >= 0.6 is 0 Å². The fourth-order valence-corrected chi connectivity index (χ4v) is 3.48. The number of aromatic nitrogens is 1. The minimum atomic E-state index is -4.02. The number of nitrogens with two attached hydrogens (primary N) is 1. The fraction of sp³-hybridized carbons (Fsp3) is 0.294. The van der Waals surface area contributed by atoms with Crippen LogP contribution in [0.3, 0.4) is 0 Å². The van der Waals surface area contributed by atoms with E-state index in [4.69, 9.17) is 5.73 Å². The third kappa shape index (κ3) is 4.93. The predicted octanol–water partition coefficient (Wildman–Crippen LogP) is 1.26. The van der Waals surface area contributed by atoms with Crippen LogP contribution in [-0.2, 0) is 28.3 Å². The number of nitrogens with one attached hydrogen (secondary N) is 1. The highest BCUT2D eigenvalue weighted by Gasteiger charge is 2.21. The number of nitrogens with zero attached hydrogens (tertiary/aromatic N) is 1. The molecule has 7 nitrogen and oxygen atoms in total. The van der Waals surface area contributed by atoms with Crippen molar-refractivity contribution in [3.05, 3.63) is 53.3 Å². The van der Waals surface area contributed by atoms with E-state index >= 15 is 0 Å². The van der Waals surface area contributed by atoms with Crippen molar-refractivity contribution in [1.82, 2.24) is 9.29 Å². The first kappa shape index (κ1) is 18.7. The molecule has 2 rings (SSSR count). The van der Waals surface area contributed by atoms with Gasteiger partial charge in [0.25, 0.3) is 15.9 Å². The molecule has 2 amide bonds. The van der Waals surface area contributed by atoms with Crippen LogP contribution in [0.2, 0.25) is 0 Å². The van der Waals surface area contributed by atoms with Gasteiger partial charge in [0.15, 0.2) is 0 Å². The summed E-state index contributed by atoms with van der Waals surface area (Å²) in [4.78, 5) is 22.9. The number of sulfonamides is 1. The zero-order valence-corrected chi connectivity index (χ0v) is 15.0. The Morgan fingerprint density at radius 3 is 2.40 bits per heavy atom. The maximum absolute atomic E-state index is 12.2. The van der Waals surface area contributed by atoms with E-state index in [0.29, 0.717) is 12.8 Å². The zero-order valence-electron chi connectivity index (χ0n) is 14.2. The predicted molar refractivity (Wildman–Crippen MR) is 93.4 cm³/mol. The second-order valence-electron chi connectivity index (χ2n) is 5.90. The molecule has 1 aromatic carbocycles. The summed E-state index contributed by atoms with van der Waals surface area (Å²) in [7, 11) is -2.52. The lowest BCUT2D eigenvalue weighted by Gasteiger charge is -2.05. The molecule has 0 aliphatic carbocycles. The monoisotopic (exact) mass is 363 g/mol. The van der Waals surface area contributed by atoms with Gasteiger partial charge in [-0.1, -0.05) is 29.8 Å². The van der Waals surface area contributed by atoms with Crippen LogP contribution in [0.25, 0.3) is 0 Å². The summed E-state index contributed by atoms with van der Waals surface area (Å²) in [5, 5.41) is 0. The number of carbonyl (C=O) groups excluding carboxylic acids is 2. The Bertz CT molecular complexity index is 883. The van der Waals surface area contributed by atoms with Gasteiger partial charge >= 0.3 is 0 Å². The normalized spacial score (nSPS) is 11.3. The molecule has 0 bridgehead atoms. The highest BCUT2D eigenvalue weighted by molar-refractivity contribution is 7.90. The number of hydrogen-bond acceptors (Lipinski definition) is 4. The molecule has 3 N–H and O–H groups in total. The van der Waals surface area contributed by atoms with Gasteiger partial charge in [-0.05, 0) is 31.4 Å². The lowest BCUT2D eigenvalue weighted by molar-refractivity contribution is -0.119. The summed E-state index contributed by atoms with van der Waals surface area (Å²) >= 11 is 0. The third-order valence-corrected chi connectivity index (χ3v) is 5.12. The van der Waals surface area contributed by atoms with Gasteiger partial charge in [-0.3, -0.25) is 9.59 Å². The molecule has 0 aliphatic rings. The fourth-order valence-electron chi connectivity index (χ4n) is 2.39. The summed E-state index contributed by atoms with van der Waals surface area (Å²) in [6, 6.07) is 9.10. The molecule has 0 spiro atoms. The zero-order chi connectivity index (χ0) is 18.6. The summed E-state index contributed by atoms with van der Waals surface area (Å²) < 4.78 is 27.7. The van der Waals surface area contributed by atoms with Crippen molar-refractivity contribution in [2.45, 2.75) is 31.1 Å². The van der Waals surface area contributed by atoms with Crippen LogP contribution in [0.5, 0.6) is 0 Å². The van der Waals surface area contributed by atoms with Crippen LogP contribution in [-0.4, -0.2) is 24.8 Å². The molecule has 8 heteroatoms. The summed E-state index contributed by atoms with van der Waals surface area (Å²) in [6.45, 7) is 2.00. The first-order valence-corrected chi connectivity index (χ1v) is 9.25. The van der Waals surface area contributed by atoms with Crippen molar-refractivity contribution in [3.8, 4) is 0 Å². The van der Waals surface area contributed by atoms with E-state index in [9.17, 15) is 18.0 Å². The van der Waals surface area contributed by atoms with Crippen molar-refractivity contribution < 1.29 is 18.0 Å². The van der Waals surface area contributed by atoms with Gasteiger partial charge in [0.05, 0.1) is 0 Å². The highest BCUT2D eigenvalue weighted by atomic mass is 32.2. The molecular weight excluding hydrogens is 342 g/mol. The molecule has 2 aromatic rings. The minimum Gasteiger partial charge on any atom is -0.364 e. The number of aryl methyl sites for hydroxylation is 3. The highest BCUT2D eigenvalue weighted by Crippen LogP contribution is 2.13. The standard InChI is InChI=1S/C17H21N3O4S/c1-12-6-8-13(9-7-12)4-3-5-16(21)19-25(23,24)14-10-15(17(18)22)20(2)11-14/h6-11H,3-5H2,1-2H3,(H2,18,22)(H,19,21). The first-order valence-electron chi connectivity index (χ1n) is 7.76. The van der Waals surface area contributed by atoms with Gasteiger partial charge in [-0.15, -0.1) is 0 Å². The second kappa shape index (κ2) is 7.52.